The Labute approximate surface area is 117 Å². The van der Waals surface area contributed by atoms with E-state index in [2.05, 4.69) is 10.4 Å². The largest absolute Gasteiger partial charge is 0.464 e. The van der Waals surface area contributed by atoms with Crippen molar-refractivity contribution in [3.8, 4) is 0 Å². The van der Waals surface area contributed by atoms with E-state index in [1.165, 1.54) is 0 Å². The maximum Gasteiger partial charge on any atom is 0.330 e. The van der Waals surface area contributed by atoms with Gasteiger partial charge in [-0.2, -0.15) is 5.10 Å². The standard InChI is InChI=1S/C13H20N4O3/c1-4-20-13(19)11-8-14-5-6-17(11)12(18)10-7-15-16(3)9(10)2/h7,11,14H,4-6,8H2,1-3H3. The third-order valence-electron chi connectivity index (χ3n) is 3.53. The molecule has 1 aromatic heterocycles. The molecular weight excluding hydrogens is 260 g/mol. The van der Waals surface area contributed by atoms with Gasteiger partial charge in [-0.25, -0.2) is 4.79 Å². The summed E-state index contributed by atoms with van der Waals surface area (Å²) in [6.07, 6.45) is 1.54. The van der Waals surface area contributed by atoms with Gasteiger partial charge in [-0.15, -0.1) is 0 Å². The number of rotatable bonds is 3. The number of carbonyl (C=O) groups is 2. The predicted molar refractivity (Wildman–Crippen MR) is 72.3 cm³/mol. The summed E-state index contributed by atoms with van der Waals surface area (Å²) in [6.45, 7) is 5.47. The molecule has 0 aromatic carbocycles. The number of piperazine rings is 1. The fourth-order valence-electron chi connectivity index (χ4n) is 2.26. The third-order valence-corrected chi connectivity index (χ3v) is 3.53. The van der Waals surface area contributed by atoms with Crippen LogP contribution in [0.25, 0.3) is 0 Å². The SMILES string of the molecule is CCOC(=O)C1CNCCN1C(=O)c1cnn(C)c1C. The van der Waals surface area contributed by atoms with Crippen molar-refractivity contribution in [3.63, 3.8) is 0 Å². The van der Waals surface area contributed by atoms with Crippen LogP contribution in [0.1, 0.15) is 23.0 Å². The van der Waals surface area contributed by atoms with E-state index in [0.717, 1.165) is 5.69 Å². The summed E-state index contributed by atoms with van der Waals surface area (Å²) in [4.78, 5) is 26.1. The second-order valence-corrected chi connectivity index (χ2v) is 4.74. The molecule has 7 nitrogen and oxygen atoms in total. The molecule has 1 aliphatic heterocycles. The number of aromatic nitrogens is 2. The molecule has 1 saturated heterocycles. The first-order chi connectivity index (χ1) is 9.56. The first-order valence-corrected chi connectivity index (χ1v) is 6.73. The molecule has 7 heteroatoms. The Kier molecular flexibility index (Phi) is 4.39. The summed E-state index contributed by atoms with van der Waals surface area (Å²) >= 11 is 0. The van der Waals surface area contributed by atoms with Gasteiger partial charge in [0.2, 0.25) is 0 Å². The number of nitrogens with zero attached hydrogens (tertiary/aromatic N) is 3. The molecule has 1 N–H and O–H groups in total. The van der Waals surface area contributed by atoms with Gasteiger partial charge in [0.25, 0.3) is 5.91 Å². The molecule has 0 saturated carbocycles. The molecular formula is C13H20N4O3. The summed E-state index contributed by atoms with van der Waals surface area (Å²) in [5.74, 6) is -0.537. The van der Waals surface area contributed by atoms with Crippen molar-refractivity contribution in [2.75, 3.05) is 26.2 Å². The van der Waals surface area contributed by atoms with Gasteiger partial charge in [-0.3, -0.25) is 9.48 Å². The molecule has 20 heavy (non-hydrogen) atoms. The summed E-state index contributed by atoms with van der Waals surface area (Å²) in [7, 11) is 1.78. The Morgan fingerprint density at radius 1 is 1.55 bits per heavy atom. The highest BCUT2D eigenvalue weighted by atomic mass is 16.5. The lowest BCUT2D eigenvalue weighted by Crippen LogP contribution is -2.57. The Morgan fingerprint density at radius 2 is 2.30 bits per heavy atom. The number of carbonyl (C=O) groups excluding carboxylic acids is 2. The molecule has 0 bridgehead atoms. The smallest absolute Gasteiger partial charge is 0.330 e. The molecule has 1 unspecified atom stereocenters. The van der Waals surface area contributed by atoms with Crippen molar-refractivity contribution in [3.05, 3.63) is 17.5 Å². The number of ether oxygens (including phenoxy) is 1. The fraction of sp³-hybridized carbons (Fsp3) is 0.615. The Morgan fingerprint density at radius 3 is 2.90 bits per heavy atom. The van der Waals surface area contributed by atoms with Crippen LogP contribution in [0.2, 0.25) is 0 Å². The molecule has 1 aromatic rings. The first-order valence-electron chi connectivity index (χ1n) is 6.73. The fourth-order valence-corrected chi connectivity index (χ4v) is 2.26. The minimum atomic E-state index is -0.573. The Bertz CT molecular complexity index is 512. The monoisotopic (exact) mass is 280 g/mol. The van der Waals surface area contributed by atoms with E-state index in [9.17, 15) is 9.59 Å². The first kappa shape index (κ1) is 14.5. The van der Waals surface area contributed by atoms with E-state index >= 15 is 0 Å². The van der Waals surface area contributed by atoms with E-state index in [1.54, 1.807) is 29.7 Å². The summed E-state index contributed by atoms with van der Waals surface area (Å²) in [6, 6.07) is -0.573. The average Bonchev–Trinajstić information content (AvgIpc) is 2.78. The molecule has 1 atom stereocenters. The number of nitrogens with one attached hydrogen (secondary N) is 1. The van der Waals surface area contributed by atoms with Crippen LogP contribution >= 0.6 is 0 Å². The van der Waals surface area contributed by atoms with Crippen molar-refractivity contribution in [2.45, 2.75) is 19.9 Å². The highest BCUT2D eigenvalue weighted by Crippen LogP contribution is 2.14. The van der Waals surface area contributed by atoms with Crippen molar-refractivity contribution in [1.29, 1.82) is 0 Å². The lowest BCUT2D eigenvalue weighted by atomic mass is 10.1. The lowest BCUT2D eigenvalue weighted by Gasteiger charge is -2.34. The van der Waals surface area contributed by atoms with Crippen LogP contribution < -0.4 is 5.32 Å². The molecule has 0 aliphatic carbocycles. The maximum atomic E-state index is 12.6. The van der Waals surface area contributed by atoms with Gasteiger partial charge in [-0.1, -0.05) is 0 Å². The van der Waals surface area contributed by atoms with Crippen molar-refractivity contribution in [1.82, 2.24) is 20.0 Å². The molecule has 2 rings (SSSR count). The molecule has 1 amide bonds. The minimum Gasteiger partial charge on any atom is -0.464 e. The normalized spacial score (nSPS) is 18.9. The van der Waals surface area contributed by atoms with Crippen LogP contribution in [-0.2, 0) is 16.6 Å². The number of amides is 1. The van der Waals surface area contributed by atoms with Gasteiger partial charge in [0.05, 0.1) is 18.4 Å². The quantitative estimate of drug-likeness (QED) is 0.770. The van der Waals surface area contributed by atoms with Gasteiger partial charge in [0.15, 0.2) is 0 Å². The van der Waals surface area contributed by atoms with Crippen LogP contribution in [0.5, 0.6) is 0 Å². The predicted octanol–water partition coefficient (Wildman–Crippen LogP) is -0.294. The Hall–Kier alpha value is -1.89. The Balaban J connectivity index is 2.21. The van der Waals surface area contributed by atoms with E-state index in [4.69, 9.17) is 4.74 Å². The van der Waals surface area contributed by atoms with Crippen LogP contribution in [0.4, 0.5) is 0 Å². The maximum absolute atomic E-state index is 12.6. The van der Waals surface area contributed by atoms with Crippen molar-refractivity contribution in [2.24, 2.45) is 7.05 Å². The second-order valence-electron chi connectivity index (χ2n) is 4.74. The molecule has 0 radical (unpaired) electrons. The van der Waals surface area contributed by atoms with Crippen LogP contribution in [-0.4, -0.2) is 58.8 Å². The molecule has 0 spiro atoms. The second kappa shape index (κ2) is 6.04. The number of aryl methyl sites for hydroxylation is 1. The lowest BCUT2D eigenvalue weighted by molar-refractivity contribution is -0.149. The van der Waals surface area contributed by atoms with Gasteiger partial charge in [0.1, 0.15) is 6.04 Å². The van der Waals surface area contributed by atoms with E-state index in [0.29, 0.717) is 31.8 Å². The summed E-state index contributed by atoms with van der Waals surface area (Å²) < 4.78 is 6.69. The van der Waals surface area contributed by atoms with E-state index < -0.39 is 6.04 Å². The molecule has 2 heterocycles. The number of hydrogen-bond donors (Lipinski definition) is 1. The van der Waals surface area contributed by atoms with E-state index in [-0.39, 0.29) is 11.9 Å². The van der Waals surface area contributed by atoms with Crippen LogP contribution in [0, 0.1) is 6.92 Å². The summed E-state index contributed by atoms with van der Waals surface area (Å²) in [5, 5.41) is 7.19. The molecule has 110 valence electrons. The van der Waals surface area contributed by atoms with Crippen LogP contribution in [0.15, 0.2) is 6.20 Å². The van der Waals surface area contributed by atoms with E-state index in [1.807, 2.05) is 6.92 Å². The highest BCUT2D eigenvalue weighted by Gasteiger charge is 2.34. The molecule has 1 fully saturated rings. The average molecular weight is 280 g/mol. The number of esters is 1. The zero-order valence-electron chi connectivity index (χ0n) is 12.0. The zero-order chi connectivity index (χ0) is 14.7. The van der Waals surface area contributed by atoms with Gasteiger partial charge < -0.3 is 15.0 Å². The van der Waals surface area contributed by atoms with Gasteiger partial charge in [0, 0.05) is 32.4 Å². The third kappa shape index (κ3) is 2.67. The molecule has 1 aliphatic rings. The topological polar surface area (TPSA) is 76.5 Å². The van der Waals surface area contributed by atoms with Gasteiger partial charge in [-0.05, 0) is 13.8 Å². The number of hydrogen-bond acceptors (Lipinski definition) is 5. The van der Waals surface area contributed by atoms with Gasteiger partial charge >= 0.3 is 5.97 Å². The van der Waals surface area contributed by atoms with Crippen molar-refractivity contribution >= 4 is 11.9 Å². The summed E-state index contributed by atoms with van der Waals surface area (Å²) in [5.41, 5.74) is 1.32. The van der Waals surface area contributed by atoms with Crippen molar-refractivity contribution < 1.29 is 14.3 Å². The minimum absolute atomic E-state index is 0.171. The highest BCUT2D eigenvalue weighted by molar-refractivity contribution is 5.97. The van der Waals surface area contributed by atoms with Crippen LogP contribution in [0.3, 0.4) is 0 Å². The zero-order valence-corrected chi connectivity index (χ0v) is 12.0.